The first-order valence-electron chi connectivity index (χ1n) is 6.46. The Balaban J connectivity index is 2.20. The maximum atomic E-state index is 4.56. The maximum absolute atomic E-state index is 4.56. The molecule has 0 radical (unpaired) electrons. The standard InChI is InChI=1S/C17H21N/c1-13-5-8-15(9-6-13)16-10-7-14(12-18-16)11-17(2,3)4/h5-10,12H,11H2,1-4H3. The average Bonchev–Trinajstić information content (AvgIpc) is 2.29. The van der Waals surface area contributed by atoms with Crippen LogP contribution < -0.4 is 0 Å². The Hall–Kier alpha value is -1.63. The first-order chi connectivity index (χ1) is 8.44. The summed E-state index contributed by atoms with van der Waals surface area (Å²) < 4.78 is 0. The molecular weight excluding hydrogens is 218 g/mol. The fourth-order valence-electron chi connectivity index (χ4n) is 2.04. The molecule has 0 fully saturated rings. The molecular formula is C17H21N. The zero-order valence-electron chi connectivity index (χ0n) is 11.7. The molecule has 0 atom stereocenters. The van der Waals surface area contributed by atoms with Gasteiger partial charge in [0, 0.05) is 11.8 Å². The average molecular weight is 239 g/mol. The topological polar surface area (TPSA) is 12.9 Å². The molecule has 0 spiro atoms. The summed E-state index contributed by atoms with van der Waals surface area (Å²) in [6.07, 6.45) is 3.06. The highest BCUT2D eigenvalue weighted by molar-refractivity contribution is 5.59. The third-order valence-electron chi connectivity index (χ3n) is 2.91. The fraction of sp³-hybridized carbons (Fsp3) is 0.353. The van der Waals surface area contributed by atoms with E-state index < -0.39 is 0 Å². The maximum Gasteiger partial charge on any atom is 0.0702 e. The second-order valence-electron chi connectivity index (χ2n) is 6.16. The molecule has 0 aliphatic rings. The second-order valence-corrected chi connectivity index (χ2v) is 6.16. The van der Waals surface area contributed by atoms with Crippen molar-refractivity contribution in [1.82, 2.24) is 4.98 Å². The van der Waals surface area contributed by atoms with Gasteiger partial charge in [-0.25, -0.2) is 0 Å². The number of nitrogens with zero attached hydrogens (tertiary/aromatic N) is 1. The molecule has 0 saturated carbocycles. The summed E-state index contributed by atoms with van der Waals surface area (Å²) in [5.41, 5.74) is 5.13. The lowest BCUT2D eigenvalue weighted by Crippen LogP contribution is -2.09. The van der Waals surface area contributed by atoms with Crippen molar-refractivity contribution in [3.05, 3.63) is 53.7 Å². The second kappa shape index (κ2) is 4.93. The Bertz CT molecular complexity index is 501. The highest BCUT2D eigenvalue weighted by Crippen LogP contribution is 2.22. The zero-order valence-corrected chi connectivity index (χ0v) is 11.7. The Kier molecular flexibility index (Phi) is 3.51. The van der Waals surface area contributed by atoms with Gasteiger partial charge in [0.1, 0.15) is 0 Å². The first-order valence-corrected chi connectivity index (χ1v) is 6.46. The van der Waals surface area contributed by atoms with E-state index in [2.05, 4.69) is 69.1 Å². The highest BCUT2D eigenvalue weighted by Gasteiger charge is 2.11. The Labute approximate surface area is 110 Å². The van der Waals surface area contributed by atoms with E-state index in [-0.39, 0.29) is 0 Å². The van der Waals surface area contributed by atoms with Crippen LogP contribution in [0, 0.1) is 12.3 Å². The van der Waals surface area contributed by atoms with Gasteiger partial charge in [-0.3, -0.25) is 4.98 Å². The highest BCUT2D eigenvalue weighted by atomic mass is 14.7. The Morgan fingerprint density at radius 3 is 2.11 bits per heavy atom. The van der Waals surface area contributed by atoms with Crippen LogP contribution in [0.2, 0.25) is 0 Å². The van der Waals surface area contributed by atoms with Gasteiger partial charge in [-0.1, -0.05) is 56.7 Å². The van der Waals surface area contributed by atoms with Gasteiger partial charge < -0.3 is 0 Å². The molecule has 0 aliphatic heterocycles. The van der Waals surface area contributed by atoms with Crippen LogP contribution in [0.4, 0.5) is 0 Å². The first kappa shape index (κ1) is 12.8. The van der Waals surface area contributed by atoms with Crippen LogP contribution in [-0.2, 0) is 6.42 Å². The van der Waals surface area contributed by atoms with Gasteiger partial charge in [0.25, 0.3) is 0 Å². The van der Waals surface area contributed by atoms with Gasteiger partial charge in [0.2, 0.25) is 0 Å². The summed E-state index contributed by atoms with van der Waals surface area (Å²) in [5, 5.41) is 0. The van der Waals surface area contributed by atoms with Gasteiger partial charge in [0.05, 0.1) is 5.69 Å². The largest absolute Gasteiger partial charge is 0.256 e. The van der Waals surface area contributed by atoms with E-state index in [1.165, 1.54) is 16.7 Å². The molecule has 94 valence electrons. The van der Waals surface area contributed by atoms with E-state index in [4.69, 9.17) is 0 Å². The van der Waals surface area contributed by atoms with Crippen LogP contribution in [0.1, 0.15) is 31.9 Å². The van der Waals surface area contributed by atoms with Gasteiger partial charge in [0.15, 0.2) is 0 Å². The van der Waals surface area contributed by atoms with E-state index >= 15 is 0 Å². The van der Waals surface area contributed by atoms with Crippen molar-refractivity contribution in [2.75, 3.05) is 0 Å². The van der Waals surface area contributed by atoms with Gasteiger partial charge in [-0.05, 0) is 30.4 Å². The van der Waals surface area contributed by atoms with Crippen molar-refractivity contribution in [2.24, 2.45) is 5.41 Å². The lowest BCUT2D eigenvalue weighted by Gasteiger charge is -2.17. The molecule has 0 bridgehead atoms. The molecule has 2 aromatic rings. The van der Waals surface area contributed by atoms with Crippen molar-refractivity contribution in [1.29, 1.82) is 0 Å². The molecule has 0 aliphatic carbocycles. The summed E-state index contributed by atoms with van der Waals surface area (Å²) >= 11 is 0. The minimum atomic E-state index is 0.313. The Morgan fingerprint density at radius 1 is 0.944 bits per heavy atom. The minimum absolute atomic E-state index is 0.313. The summed E-state index contributed by atoms with van der Waals surface area (Å²) in [6, 6.07) is 12.8. The number of benzene rings is 1. The van der Waals surface area contributed by atoms with Crippen LogP contribution in [0.25, 0.3) is 11.3 Å². The molecule has 0 amide bonds. The molecule has 0 saturated heterocycles. The monoisotopic (exact) mass is 239 g/mol. The smallest absolute Gasteiger partial charge is 0.0702 e. The number of aromatic nitrogens is 1. The zero-order chi connectivity index (χ0) is 13.2. The number of rotatable bonds is 2. The molecule has 1 heterocycles. The number of hydrogen-bond acceptors (Lipinski definition) is 1. The van der Waals surface area contributed by atoms with E-state index in [0.717, 1.165) is 12.1 Å². The lowest BCUT2D eigenvalue weighted by molar-refractivity contribution is 0.411. The third-order valence-corrected chi connectivity index (χ3v) is 2.91. The molecule has 1 heteroatoms. The van der Waals surface area contributed by atoms with Crippen molar-refractivity contribution < 1.29 is 0 Å². The summed E-state index contributed by atoms with van der Waals surface area (Å²) in [4.78, 5) is 4.56. The molecule has 1 aromatic heterocycles. The molecule has 18 heavy (non-hydrogen) atoms. The summed E-state index contributed by atoms with van der Waals surface area (Å²) in [5.74, 6) is 0. The van der Waals surface area contributed by atoms with Gasteiger partial charge in [-0.2, -0.15) is 0 Å². The minimum Gasteiger partial charge on any atom is -0.256 e. The van der Waals surface area contributed by atoms with Crippen molar-refractivity contribution in [3.8, 4) is 11.3 Å². The number of hydrogen-bond donors (Lipinski definition) is 0. The van der Waals surface area contributed by atoms with Crippen LogP contribution >= 0.6 is 0 Å². The number of aryl methyl sites for hydroxylation is 1. The lowest BCUT2D eigenvalue weighted by atomic mass is 9.89. The molecule has 0 N–H and O–H groups in total. The summed E-state index contributed by atoms with van der Waals surface area (Å²) in [7, 11) is 0. The Morgan fingerprint density at radius 2 is 1.61 bits per heavy atom. The predicted octanol–water partition coefficient (Wildman–Crippen LogP) is 4.65. The van der Waals surface area contributed by atoms with E-state index in [0.29, 0.717) is 5.41 Å². The van der Waals surface area contributed by atoms with Gasteiger partial charge >= 0.3 is 0 Å². The molecule has 1 aromatic carbocycles. The van der Waals surface area contributed by atoms with Crippen molar-refractivity contribution in [2.45, 2.75) is 34.1 Å². The van der Waals surface area contributed by atoms with Crippen LogP contribution in [0.15, 0.2) is 42.6 Å². The van der Waals surface area contributed by atoms with Gasteiger partial charge in [-0.15, -0.1) is 0 Å². The van der Waals surface area contributed by atoms with Crippen LogP contribution in [0.5, 0.6) is 0 Å². The third kappa shape index (κ3) is 3.43. The fourth-order valence-corrected chi connectivity index (χ4v) is 2.04. The summed E-state index contributed by atoms with van der Waals surface area (Å²) in [6.45, 7) is 8.85. The van der Waals surface area contributed by atoms with E-state index in [1.54, 1.807) is 0 Å². The molecule has 1 nitrogen and oxygen atoms in total. The quantitative estimate of drug-likeness (QED) is 0.743. The van der Waals surface area contributed by atoms with E-state index in [9.17, 15) is 0 Å². The van der Waals surface area contributed by atoms with Crippen LogP contribution in [-0.4, -0.2) is 4.98 Å². The molecule has 2 rings (SSSR count). The van der Waals surface area contributed by atoms with Crippen molar-refractivity contribution >= 4 is 0 Å². The van der Waals surface area contributed by atoms with E-state index in [1.807, 2.05) is 6.20 Å². The SMILES string of the molecule is Cc1ccc(-c2ccc(CC(C)(C)C)cn2)cc1. The van der Waals surface area contributed by atoms with Crippen LogP contribution in [0.3, 0.4) is 0 Å². The molecule has 0 unspecified atom stereocenters. The predicted molar refractivity (Wildman–Crippen MR) is 77.6 cm³/mol. The normalized spacial score (nSPS) is 11.6. The van der Waals surface area contributed by atoms with Crippen molar-refractivity contribution in [3.63, 3.8) is 0 Å². The number of pyridine rings is 1.